The molecule has 28 heavy (non-hydrogen) atoms. The van der Waals surface area contributed by atoms with Gasteiger partial charge in [-0.3, -0.25) is 14.6 Å². The van der Waals surface area contributed by atoms with Gasteiger partial charge in [0.25, 0.3) is 0 Å². The first kappa shape index (κ1) is 18.7. The molecule has 2 aromatic rings. The lowest BCUT2D eigenvalue weighted by atomic mass is 9.98. The van der Waals surface area contributed by atoms with Gasteiger partial charge in [0.15, 0.2) is 0 Å². The Morgan fingerprint density at radius 1 is 1.32 bits per heavy atom. The Kier molecular flexibility index (Phi) is 4.74. The SMILES string of the molecule is CCOC(=O)C1CCc2c1sc1c2C(c2c(F)cccc2F)=N[C@@H](C)C(=O)N1. The third-order valence-electron chi connectivity index (χ3n) is 4.98. The second kappa shape index (κ2) is 7.09. The molecule has 0 saturated carbocycles. The van der Waals surface area contributed by atoms with Crippen molar-refractivity contribution in [3.63, 3.8) is 0 Å². The highest BCUT2D eigenvalue weighted by atomic mass is 32.1. The van der Waals surface area contributed by atoms with Crippen LogP contribution in [0.25, 0.3) is 0 Å². The van der Waals surface area contributed by atoms with Crippen LogP contribution in [-0.2, 0) is 20.7 Å². The van der Waals surface area contributed by atoms with Crippen molar-refractivity contribution in [1.82, 2.24) is 0 Å². The minimum Gasteiger partial charge on any atom is -0.465 e. The molecule has 2 atom stereocenters. The summed E-state index contributed by atoms with van der Waals surface area (Å²) < 4.78 is 34.3. The average molecular weight is 404 g/mol. The second-order valence-electron chi connectivity index (χ2n) is 6.73. The lowest BCUT2D eigenvalue weighted by Crippen LogP contribution is -2.22. The van der Waals surface area contributed by atoms with E-state index >= 15 is 0 Å². The molecule has 5 nitrogen and oxygen atoms in total. The van der Waals surface area contributed by atoms with Crippen LogP contribution >= 0.6 is 11.3 Å². The van der Waals surface area contributed by atoms with E-state index in [-0.39, 0.29) is 29.8 Å². The molecule has 1 aliphatic heterocycles. The topological polar surface area (TPSA) is 67.8 Å². The molecule has 1 aliphatic carbocycles. The number of halogens is 2. The third kappa shape index (κ3) is 2.92. The molecule has 2 aliphatic rings. The number of amides is 1. The molecule has 2 heterocycles. The molecule has 146 valence electrons. The van der Waals surface area contributed by atoms with Crippen molar-refractivity contribution < 1.29 is 23.1 Å². The molecule has 1 unspecified atom stereocenters. The first-order valence-electron chi connectivity index (χ1n) is 9.08. The molecule has 0 radical (unpaired) electrons. The standard InChI is InChI=1S/C20H18F2N2O3S/c1-3-27-20(26)11-8-7-10-14-16(15-12(21)5-4-6-13(15)22)23-9(2)18(25)24-19(14)28-17(10)11/h4-6,9,11H,3,7-8H2,1-2H3,(H,24,25)/t9-,11?/m0/s1. The fourth-order valence-electron chi connectivity index (χ4n) is 3.69. The van der Waals surface area contributed by atoms with Gasteiger partial charge >= 0.3 is 5.97 Å². The monoisotopic (exact) mass is 404 g/mol. The Morgan fingerprint density at radius 3 is 2.71 bits per heavy atom. The number of hydrogen-bond donors (Lipinski definition) is 1. The van der Waals surface area contributed by atoms with E-state index in [1.807, 2.05) is 0 Å². The molecule has 1 aromatic carbocycles. The number of anilines is 1. The number of nitrogens with zero attached hydrogens (tertiary/aromatic N) is 1. The van der Waals surface area contributed by atoms with E-state index in [9.17, 15) is 18.4 Å². The average Bonchev–Trinajstić information content (AvgIpc) is 3.16. The number of carbonyl (C=O) groups is 2. The summed E-state index contributed by atoms with van der Waals surface area (Å²) in [4.78, 5) is 29.8. The molecule has 0 saturated heterocycles. The lowest BCUT2D eigenvalue weighted by molar-refractivity contribution is -0.144. The zero-order chi connectivity index (χ0) is 20.0. The van der Waals surface area contributed by atoms with E-state index < -0.39 is 23.6 Å². The van der Waals surface area contributed by atoms with Gasteiger partial charge in [-0.15, -0.1) is 11.3 Å². The molecule has 0 fully saturated rings. The number of aliphatic imine (C=N–C) groups is 1. The van der Waals surface area contributed by atoms with Crippen molar-refractivity contribution in [2.75, 3.05) is 11.9 Å². The molecule has 8 heteroatoms. The van der Waals surface area contributed by atoms with E-state index in [0.29, 0.717) is 23.4 Å². The summed E-state index contributed by atoms with van der Waals surface area (Å²) in [6, 6.07) is 2.82. The van der Waals surface area contributed by atoms with Crippen molar-refractivity contribution in [3.8, 4) is 0 Å². The number of benzene rings is 1. The lowest BCUT2D eigenvalue weighted by Gasteiger charge is -2.10. The Balaban J connectivity index is 1.92. The summed E-state index contributed by atoms with van der Waals surface area (Å²) in [5, 5.41) is 3.27. The normalized spacial score (nSPS) is 20.7. The first-order chi connectivity index (χ1) is 13.4. The predicted molar refractivity (Wildman–Crippen MR) is 102 cm³/mol. The number of thiophene rings is 1. The number of esters is 1. The molecule has 1 amide bonds. The van der Waals surface area contributed by atoms with Gasteiger partial charge < -0.3 is 10.1 Å². The number of fused-ring (bicyclic) bond motifs is 3. The van der Waals surface area contributed by atoms with E-state index in [4.69, 9.17) is 4.74 Å². The smallest absolute Gasteiger partial charge is 0.314 e. The number of hydrogen-bond acceptors (Lipinski definition) is 5. The fourth-order valence-corrected chi connectivity index (χ4v) is 5.06. The quantitative estimate of drug-likeness (QED) is 0.792. The highest BCUT2D eigenvalue weighted by Gasteiger charge is 2.39. The summed E-state index contributed by atoms with van der Waals surface area (Å²) in [6.07, 6.45) is 1.10. The van der Waals surface area contributed by atoms with Crippen LogP contribution in [0.15, 0.2) is 23.2 Å². The van der Waals surface area contributed by atoms with Crippen molar-refractivity contribution >= 4 is 33.9 Å². The number of carbonyl (C=O) groups excluding carboxylic acids is 2. The number of ether oxygens (including phenoxy) is 1. The van der Waals surface area contributed by atoms with Crippen LogP contribution < -0.4 is 5.32 Å². The highest BCUT2D eigenvalue weighted by Crippen LogP contribution is 2.47. The molecule has 0 spiro atoms. The Labute approximate surface area is 164 Å². The molecular weight excluding hydrogens is 386 g/mol. The maximum absolute atomic E-state index is 14.6. The van der Waals surface area contributed by atoms with Gasteiger partial charge in [-0.25, -0.2) is 8.78 Å². The summed E-state index contributed by atoms with van der Waals surface area (Å²) in [5.74, 6) is -2.61. The molecule has 1 N–H and O–H groups in total. The minimum absolute atomic E-state index is 0.110. The third-order valence-corrected chi connectivity index (χ3v) is 6.25. The van der Waals surface area contributed by atoms with E-state index in [1.165, 1.54) is 29.5 Å². The zero-order valence-electron chi connectivity index (χ0n) is 15.3. The number of nitrogens with one attached hydrogen (secondary N) is 1. The summed E-state index contributed by atoms with van der Waals surface area (Å²) >= 11 is 1.26. The van der Waals surface area contributed by atoms with Gasteiger partial charge in [0.05, 0.1) is 23.8 Å². The summed E-state index contributed by atoms with van der Waals surface area (Å²) in [7, 11) is 0. The van der Waals surface area contributed by atoms with Crippen LogP contribution in [0.2, 0.25) is 0 Å². The molecule has 1 aromatic heterocycles. The summed E-state index contributed by atoms with van der Waals surface area (Å²) in [6.45, 7) is 3.59. The Morgan fingerprint density at radius 2 is 2.04 bits per heavy atom. The van der Waals surface area contributed by atoms with Gasteiger partial charge in [0.2, 0.25) is 5.91 Å². The van der Waals surface area contributed by atoms with Crippen LogP contribution in [0.5, 0.6) is 0 Å². The van der Waals surface area contributed by atoms with Crippen molar-refractivity contribution in [1.29, 1.82) is 0 Å². The zero-order valence-corrected chi connectivity index (χ0v) is 16.2. The fraction of sp³-hybridized carbons (Fsp3) is 0.350. The van der Waals surface area contributed by atoms with Crippen LogP contribution in [0, 0.1) is 11.6 Å². The Bertz CT molecular complexity index is 995. The molecule has 4 rings (SSSR count). The van der Waals surface area contributed by atoms with E-state index in [1.54, 1.807) is 13.8 Å². The van der Waals surface area contributed by atoms with Gasteiger partial charge in [0.1, 0.15) is 22.7 Å². The van der Waals surface area contributed by atoms with Crippen LogP contribution in [0.4, 0.5) is 13.8 Å². The Hall–Kier alpha value is -2.61. The van der Waals surface area contributed by atoms with Crippen molar-refractivity contribution in [2.45, 2.75) is 38.6 Å². The van der Waals surface area contributed by atoms with Gasteiger partial charge in [-0.2, -0.15) is 0 Å². The number of rotatable bonds is 3. The predicted octanol–water partition coefficient (Wildman–Crippen LogP) is 3.80. The second-order valence-corrected chi connectivity index (χ2v) is 7.78. The van der Waals surface area contributed by atoms with Crippen LogP contribution in [0.1, 0.15) is 47.8 Å². The van der Waals surface area contributed by atoms with Crippen molar-refractivity contribution in [2.24, 2.45) is 4.99 Å². The van der Waals surface area contributed by atoms with E-state index in [0.717, 1.165) is 10.4 Å². The van der Waals surface area contributed by atoms with Crippen molar-refractivity contribution in [3.05, 3.63) is 51.4 Å². The molecule has 0 bridgehead atoms. The minimum atomic E-state index is -0.800. The van der Waals surface area contributed by atoms with Gasteiger partial charge in [0, 0.05) is 10.4 Å². The van der Waals surface area contributed by atoms with Gasteiger partial charge in [-0.05, 0) is 44.4 Å². The summed E-state index contributed by atoms with van der Waals surface area (Å²) in [5.41, 5.74) is 1.16. The van der Waals surface area contributed by atoms with Crippen LogP contribution in [0.3, 0.4) is 0 Å². The van der Waals surface area contributed by atoms with E-state index in [2.05, 4.69) is 10.3 Å². The first-order valence-corrected chi connectivity index (χ1v) is 9.89. The highest BCUT2D eigenvalue weighted by molar-refractivity contribution is 7.17. The maximum atomic E-state index is 14.6. The largest absolute Gasteiger partial charge is 0.465 e. The van der Waals surface area contributed by atoms with Gasteiger partial charge in [-0.1, -0.05) is 6.07 Å². The van der Waals surface area contributed by atoms with Crippen LogP contribution in [-0.4, -0.2) is 30.2 Å². The molecular formula is C20H18F2N2O3S. The maximum Gasteiger partial charge on any atom is 0.314 e.